The van der Waals surface area contributed by atoms with Crippen LogP contribution in [0.5, 0.6) is 0 Å². The highest BCUT2D eigenvalue weighted by Crippen LogP contribution is 2.44. The number of carboxylic acids is 1. The van der Waals surface area contributed by atoms with Crippen molar-refractivity contribution in [2.45, 2.75) is 45.4 Å². The summed E-state index contributed by atoms with van der Waals surface area (Å²) < 4.78 is 7.49. The second kappa shape index (κ2) is 6.48. The topological polar surface area (TPSA) is 106 Å². The highest BCUT2D eigenvalue weighted by Gasteiger charge is 2.55. The van der Waals surface area contributed by atoms with Crippen LogP contribution < -0.4 is 5.32 Å². The first-order valence-electron chi connectivity index (χ1n) is 8.67. The Balaban J connectivity index is 1.51. The first kappa shape index (κ1) is 17.2. The van der Waals surface area contributed by atoms with Crippen LogP contribution >= 0.6 is 11.3 Å². The molecule has 0 aromatic carbocycles. The summed E-state index contributed by atoms with van der Waals surface area (Å²) in [6.07, 6.45) is 2.69. The summed E-state index contributed by atoms with van der Waals surface area (Å²) in [7, 11) is 0. The zero-order chi connectivity index (χ0) is 18.4. The van der Waals surface area contributed by atoms with Gasteiger partial charge in [-0.15, -0.1) is 11.3 Å². The van der Waals surface area contributed by atoms with Gasteiger partial charge in [0.25, 0.3) is 0 Å². The van der Waals surface area contributed by atoms with E-state index in [9.17, 15) is 14.7 Å². The summed E-state index contributed by atoms with van der Waals surface area (Å²) in [5, 5.41) is 19.0. The van der Waals surface area contributed by atoms with E-state index in [1.165, 1.54) is 11.3 Å². The van der Waals surface area contributed by atoms with Crippen molar-refractivity contribution in [1.29, 1.82) is 0 Å². The van der Waals surface area contributed by atoms with E-state index in [0.29, 0.717) is 11.6 Å². The molecule has 2 aromatic rings. The Bertz CT molecular complexity index is 861. The normalized spacial score (nSPS) is 27.0. The number of aryl methyl sites for hydroxylation is 2. The van der Waals surface area contributed by atoms with Crippen molar-refractivity contribution in [3.8, 4) is 11.3 Å². The van der Waals surface area contributed by atoms with Crippen molar-refractivity contribution in [3.63, 3.8) is 0 Å². The number of thiazole rings is 1. The molecule has 2 aliphatic rings. The van der Waals surface area contributed by atoms with Crippen LogP contribution in [-0.4, -0.2) is 44.0 Å². The summed E-state index contributed by atoms with van der Waals surface area (Å²) in [4.78, 5) is 28.7. The van der Waals surface area contributed by atoms with Crippen molar-refractivity contribution < 1.29 is 19.4 Å². The van der Waals surface area contributed by atoms with Gasteiger partial charge in [0, 0.05) is 23.7 Å². The molecular formula is C17H20N4O4S. The maximum Gasteiger partial charge on any atom is 0.310 e. The number of carbonyl (C=O) groups is 2. The Labute approximate surface area is 154 Å². The molecule has 2 saturated heterocycles. The average molecular weight is 376 g/mol. The molecule has 0 unspecified atom stereocenters. The number of nitrogens with one attached hydrogen (secondary N) is 1. The fourth-order valence-electron chi connectivity index (χ4n) is 3.90. The number of fused-ring (bicyclic) bond motifs is 2. The standard InChI is InChI=1S/C17H20N4O4S/c1-3-21-6-9(8(2)20-21)10-7-26-17(18-10)19-15(22)13-11-4-5-12(25-11)14(13)16(23)24/h6-7,11-14H,3-5H2,1-2H3,(H,23,24)(H,18,19,22)/t11-,12-,13-,14-/m0/s1. The highest BCUT2D eigenvalue weighted by molar-refractivity contribution is 7.14. The monoisotopic (exact) mass is 376 g/mol. The maximum atomic E-state index is 12.7. The van der Waals surface area contributed by atoms with Gasteiger partial charge in [-0.2, -0.15) is 5.10 Å². The van der Waals surface area contributed by atoms with Crippen molar-refractivity contribution in [3.05, 3.63) is 17.3 Å². The molecule has 0 aliphatic carbocycles. The summed E-state index contributed by atoms with van der Waals surface area (Å²) >= 11 is 1.32. The van der Waals surface area contributed by atoms with Gasteiger partial charge >= 0.3 is 5.97 Å². The van der Waals surface area contributed by atoms with Gasteiger partial charge in [-0.1, -0.05) is 0 Å². The minimum Gasteiger partial charge on any atom is -0.481 e. The van der Waals surface area contributed by atoms with Crippen molar-refractivity contribution >= 4 is 28.3 Å². The molecule has 138 valence electrons. The first-order chi connectivity index (χ1) is 12.5. The van der Waals surface area contributed by atoms with E-state index >= 15 is 0 Å². The van der Waals surface area contributed by atoms with Gasteiger partial charge < -0.3 is 15.2 Å². The molecule has 2 bridgehead atoms. The molecule has 26 heavy (non-hydrogen) atoms. The minimum absolute atomic E-state index is 0.314. The number of nitrogens with zero attached hydrogens (tertiary/aromatic N) is 3. The van der Waals surface area contributed by atoms with E-state index in [1.807, 2.05) is 30.1 Å². The lowest BCUT2D eigenvalue weighted by Gasteiger charge is -2.23. The van der Waals surface area contributed by atoms with Crippen LogP contribution in [0.25, 0.3) is 11.3 Å². The van der Waals surface area contributed by atoms with Crippen LogP contribution in [0.15, 0.2) is 11.6 Å². The van der Waals surface area contributed by atoms with Gasteiger partial charge in [0.15, 0.2) is 5.13 Å². The number of ether oxygens (including phenoxy) is 1. The highest BCUT2D eigenvalue weighted by atomic mass is 32.1. The zero-order valence-corrected chi connectivity index (χ0v) is 15.3. The number of rotatable bonds is 5. The Morgan fingerprint density at radius 3 is 2.77 bits per heavy atom. The molecule has 2 aromatic heterocycles. The molecule has 4 heterocycles. The lowest BCUT2D eigenvalue weighted by atomic mass is 9.79. The van der Waals surface area contributed by atoms with Gasteiger partial charge in [0.1, 0.15) is 0 Å². The molecule has 4 atom stereocenters. The fraction of sp³-hybridized carbons (Fsp3) is 0.529. The van der Waals surface area contributed by atoms with E-state index in [1.54, 1.807) is 0 Å². The number of hydrogen-bond acceptors (Lipinski definition) is 6. The summed E-state index contributed by atoms with van der Waals surface area (Å²) in [5.41, 5.74) is 2.55. The second-order valence-electron chi connectivity index (χ2n) is 6.69. The van der Waals surface area contributed by atoms with Crippen LogP contribution in [0.3, 0.4) is 0 Å². The first-order valence-corrected chi connectivity index (χ1v) is 9.55. The predicted molar refractivity (Wildman–Crippen MR) is 94.9 cm³/mol. The van der Waals surface area contributed by atoms with E-state index in [0.717, 1.165) is 29.9 Å². The molecule has 0 spiro atoms. The van der Waals surface area contributed by atoms with Gasteiger partial charge in [0.2, 0.25) is 5.91 Å². The number of aromatic nitrogens is 3. The third kappa shape index (κ3) is 2.80. The molecule has 2 N–H and O–H groups in total. The molecule has 0 saturated carbocycles. The van der Waals surface area contributed by atoms with Crippen LogP contribution in [0, 0.1) is 18.8 Å². The van der Waals surface area contributed by atoms with Crippen molar-refractivity contribution in [2.75, 3.05) is 5.32 Å². The third-order valence-electron chi connectivity index (χ3n) is 5.14. The van der Waals surface area contributed by atoms with E-state index in [2.05, 4.69) is 15.4 Å². The van der Waals surface area contributed by atoms with Crippen LogP contribution in [-0.2, 0) is 20.9 Å². The van der Waals surface area contributed by atoms with Gasteiger partial charge in [-0.25, -0.2) is 4.98 Å². The SMILES string of the molecule is CCn1cc(-c2csc(NC(=O)[C@@H]3[C@@H](C(=O)O)[C@@H]4CC[C@@H]3O4)n2)c(C)n1. The third-order valence-corrected chi connectivity index (χ3v) is 5.90. The van der Waals surface area contributed by atoms with E-state index < -0.39 is 17.8 Å². The lowest BCUT2D eigenvalue weighted by molar-refractivity contribution is -0.147. The number of aliphatic carboxylic acids is 1. The van der Waals surface area contributed by atoms with E-state index in [4.69, 9.17) is 4.74 Å². The molecule has 8 nitrogen and oxygen atoms in total. The second-order valence-corrected chi connectivity index (χ2v) is 7.55. The van der Waals surface area contributed by atoms with Crippen LogP contribution in [0.2, 0.25) is 0 Å². The summed E-state index contributed by atoms with van der Waals surface area (Å²) in [6, 6.07) is 0. The number of hydrogen-bond donors (Lipinski definition) is 2. The number of anilines is 1. The number of carbonyl (C=O) groups excluding carboxylic acids is 1. The summed E-state index contributed by atoms with van der Waals surface area (Å²) in [6.45, 7) is 4.71. The molecule has 4 rings (SSSR count). The van der Waals surface area contributed by atoms with Crippen LogP contribution in [0.1, 0.15) is 25.5 Å². The Kier molecular flexibility index (Phi) is 4.28. The largest absolute Gasteiger partial charge is 0.481 e. The van der Waals surface area contributed by atoms with Gasteiger partial charge in [-0.3, -0.25) is 14.3 Å². The minimum atomic E-state index is -0.972. The van der Waals surface area contributed by atoms with Crippen molar-refractivity contribution in [2.24, 2.45) is 11.8 Å². The van der Waals surface area contributed by atoms with Crippen LogP contribution in [0.4, 0.5) is 5.13 Å². The Morgan fingerprint density at radius 2 is 2.12 bits per heavy atom. The molecule has 1 amide bonds. The Hall–Kier alpha value is -2.26. The van der Waals surface area contributed by atoms with Gasteiger partial charge in [0.05, 0.1) is 35.4 Å². The molecule has 0 radical (unpaired) electrons. The molecular weight excluding hydrogens is 356 g/mol. The van der Waals surface area contributed by atoms with Crippen molar-refractivity contribution in [1.82, 2.24) is 14.8 Å². The number of carboxylic acid groups (broad SMARTS) is 1. The molecule has 9 heteroatoms. The quantitative estimate of drug-likeness (QED) is 0.828. The molecule has 2 fully saturated rings. The zero-order valence-electron chi connectivity index (χ0n) is 14.5. The lowest BCUT2D eigenvalue weighted by Crippen LogP contribution is -2.40. The number of amides is 1. The predicted octanol–water partition coefficient (Wildman–Crippen LogP) is 2.15. The maximum absolute atomic E-state index is 12.7. The fourth-order valence-corrected chi connectivity index (χ4v) is 4.61. The van der Waals surface area contributed by atoms with Gasteiger partial charge in [-0.05, 0) is 26.7 Å². The van der Waals surface area contributed by atoms with E-state index in [-0.39, 0.29) is 18.1 Å². The summed E-state index contributed by atoms with van der Waals surface area (Å²) in [5.74, 6) is -2.74. The smallest absolute Gasteiger partial charge is 0.310 e. The average Bonchev–Trinajstić information content (AvgIpc) is 3.36. The molecule has 2 aliphatic heterocycles. The Morgan fingerprint density at radius 1 is 1.38 bits per heavy atom.